The van der Waals surface area contributed by atoms with Gasteiger partial charge >= 0.3 is 0 Å². The van der Waals surface area contributed by atoms with Gasteiger partial charge in [0.15, 0.2) is 5.96 Å². The molecule has 2 rings (SSSR count). The summed E-state index contributed by atoms with van der Waals surface area (Å²) in [6.07, 6.45) is 6.81. The molecular formula is C21H36N4O. The van der Waals surface area contributed by atoms with E-state index in [1.807, 2.05) is 12.1 Å². The van der Waals surface area contributed by atoms with Gasteiger partial charge in [0, 0.05) is 25.3 Å². The van der Waals surface area contributed by atoms with Gasteiger partial charge in [-0.2, -0.15) is 0 Å². The second-order valence-corrected chi connectivity index (χ2v) is 7.36. The maximum absolute atomic E-state index is 8.74. The Kier molecular flexibility index (Phi) is 8.75. The predicted molar refractivity (Wildman–Crippen MR) is 110 cm³/mol. The van der Waals surface area contributed by atoms with Gasteiger partial charge in [0.2, 0.25) is 0 Å². The largest absolute Gasteiger partial charge is 0.494 e. The van der Waals surface area contributed by atoms with E-state index in [1.165, 1.54) is 25.7 Å². The topological polar surface area (TPSA) is 65.6 Å². The molecule has 5 heteroatoms. The number of hydrogen-bond donors (Lipinski definition) is 2. The lowest BCUT2D eigenvalue weighted by atomic mass is 10.0. The van der Waals surface area contributed by atoms with Gasteiger partial charge in [-0.15, -0.1) is 0 Å². The van der Waals surface area contributed by atoms with Crippen molar-refractivity contribution in [3.8, 4) is 5.75 Å². The molecule has 1 fully saturated rings. The molecule has 0 amide bonds. The molecule has 0 bridgehead atoms. The van der Waals surface area contributed by atoms with Crippen molar-refractivity contribution in [3.05, 3.63) is 24.3 Å². The Morgan fingerprint density at radius 2 is 2.04 bits per heavy atom. The Morgan fingerprint density at radius 1 is 1.27 bits per heavy atom. The molecule has 1 heterocycles. The highest BCUT2D eigenvalue weighted by atomic mass is 16.5. The molecule has 0 aromatic heterocycles. The SMILES string of the molecule is CCCCCOc1ccc(N(CCCN)C(=N)N2CCCC(C)C2)cc1. The van der Waals surface area contributed by atoms with E-state index in [0.717, 1.165) is 50.5 Å². The number of rotatable bonds is 9. The summed E-state index contributed by atoms with van der Waals surface area (Å²) in [5, 5.41) is 8.74. The molecule has 5 nitrogen and oxygen atoms in total. The molecule has 26 heavy (non-hydrogen) atoms. The molecule has 3 N–H and O–H groups in total. The van der Waals surface area contributed by atoms with Crippen molar-refractivity contribution in [1.29, 1.82) is 5.41 Å². The van der Waals surface area contributed by atoms with Crippen molar-refractivity contribution in [1.82, 2.24) is 4.90 Å². The van der Waals surface area contributed by atoms with Crippen LogP contribution in [0.15, 0.2) is 24.3 Å². The first-order valence-corrected chi connectivity index (χ1v) is 10.2. The number of ether oxygens (including phenoxy) is 1. The lowest BCUT2D eigenvalue weighted by Crippen LogP contribution is -2.48. The first kappa shape index (κ1) is 20.6. The lowest BCUT2D eigenvalue weighted by molar-refractivity contribution is 0.268. The molecular weight excluding hydrogens is 324 g/mol. The van der Waals surface area contributed by atoms with Crippen LogP contribution in [0.4, 0.5) is 5.69 Å². The zero-order valence-corrected chi connectivity index (χ0v) is 16.5. The smallest absolute Gasteiger partial charge is 0.198 e. The quantitative estimate of drug-likeness (QED) is 0.396. The normalized spacial score (nSPS) is 17.2. The molecule has 1 saturated heterocycles. The average Bonchev–Trinajstić information content (AvgIpc) is 2.66. The van der Waals surface area contributed by atoms with Gasteiger partial charge in [-0.25, -0.2) is 0 Å². The predicted octanol–water partition coefficient (Wildman–Crippen LogP) is 4.08. The van der Waals surface area contributed by atoms with Crippen LogP contribution in [-0.4, -0.2) is 43.6 Å². The molecule has 0 saturated carbocycles. The van der Waals surface area contributed by atoms with Crippen molar-refractivity contribution in [2.24, 2.45) is 11.7 Å². The summed E-state index contributed by atoms with van der Waals surface area (Å²) in [5.74, 6) is 2.16. The molecule has 1 atom stereocenters. The number of anilines is 1. The summed E-state index contributed by atoms with van der Waals surface area (Å²) >= 11 is 0. The zero-order chi connectivity index (χ0) is 18.8. The highest BCUT2D eigenvalue weighted by Gasteiger charge is 2.23. The van der Waals surface area contributed by atoms with E-state index in [-0.39, 0.29) is 0 Å². The van der Waals surface area contributed by atoms with Crippen LogP contribution in [0.3, 0.4) is 0 Å². The first-order valence-electron chi connectivity index (χ1n) is 10.2. The van der Waals surface area contributed by atoms with Gasteiger partial charge in [-0.3, -0.25) is 5.41 Å². The monoisotopic (exact) mass is 360 g/mol. The summed E-state index contributed by atoms with van der Waals surface area (Å²) in [6, 6.07) is 8.16. The Hall–Kier alpha value is -1.75. The second kappa shape index (κ2) is 11.1. The number of hydrogen-bond acceptors (Lipinski definition) is 3. The molecule has 1 aromatic carbocycles. The maximum Gasteiger partial charge on any atom is 0.198 e. The van der Waals surface area contributed by atoms with Crippen LogP contribution in [-0.2, 0) is 0 Å². The maximum atomic E-state index is 8.74. The van der Waals surface area contributed by atoms with E-state index in [4.69, 9.17) is 15.9 Å². The van der Waals surface area contributed by atoms with Crippen LogP contribution >= 0.6 is 0 Å². The Labute approximate surface area is 159 Å². The number of unbranched alkanes of at least 4 members (excludes halogenated alkanes) is 2. The fraction of sp³-hybridized carbons (Fsp3) is 0.667. The fourth-order valence-corrected chi connectivity index (χ4v) is 3.42. The number of nitrogens with one attached hydrogen (secondary N) is 1. The summed E-state index contributed by atoms with van der Waals surface area (Å²) in [4.78, 5) is 4.30. The first-order chi connectivity index (χ1) is 12.7. The Balaban J connectivity index is 2.02. The van der Waals surface area contributed by atoms with Gasteiger partial charge in [0.25, 0.3) is 0 Å². The minimum atomic E-state index is 0.599. The summed E-state index contributed by atoms with van der Waals surface area (Å²) in [5.41, 5.74) is 6.77. The molecule has 1 aromatic rings. The van der Waals surface area contributed by atoms with E-state index in [1.54, 1.807) is 0 Å². The van der Waals surface area contributed by atoms with Gasteiger partial charge in [-0.05, 0) is 62.4 Å². The minimum Gasteiger partial charge on any atom is -0.494 e. The number of nitrogens with zero attached hydrogens (tertiary/aromatic N) is 2. The van der Waals surface area contributed by atoms with E-state index < -0.39 is 0 Å². The Bertz CT molecular complexity index is 531. The molecule has 1 unspecified atom stereocenters. The number of nitrogens with two attached hydrogens (primary N) is 1. The molecule has 1 aliphatic heterocycles. The summed E-state index contributed by atoms with van der Waals surface area (Å²) < 4.78 is 5.81. The van der Waals surface area contributed by atoms with Crippen molar-refractivity contribution >= 4 is 11.6 Å². The molecule has 146 valence electrons. The third-order valence-corrected chi connectivity index (χ3v) is 4.96. The van der Waals surface area contributed by atoms with Gasteiger partial charge < -0.3 is 20.3 Å². The highest BCUT2D eigenvalue weighted by molar-refractivity contribution is 5.93. The number of likely N-dealkylation sites (tertiary alicyclic amines) is 1. The second-order valence-electron chi connectivity index (χ2n) is 7.36. The number of guanidine groups is 1. The summed E-state index contributed by atoms with van der Waals surface area (Å²) in [7, 11) is 0. The number of piperidine rings is 1. The van der Waals surface area contributed by atoms with Crippen LogP contribution in [0.1, 0.15) is 52.4 Å². The van der Waals surface area contributed by atoms with Crippen molar-refractivity contribution < 1.29 is 4.74 Å². The fourth-order valence-electron chi connectivity index (χ4n) is 3.42. The molecule has 0 radical (unpaired) electrons. The standard InChI is InChI=1S/C21H36N4O/c1-3-4-5-16-26-20-11-9-19(10-12-20)25(15-7-13-22)21(23)24-14-6-8-18(2)17-24/h9-12,18,23H,3-8,13-17,22H2,1-2H3. The van der Waals surface area contributed by atoms with Crippen LogP contribution in [0.2, 0.25) is 0 Å². The van der Waals surface area contributed by atoms with Crippen molar-refractivity contribution in [3.63, 3.8) is 0 Å². The van der Waals surface area contributed by atoms with E-state index in [0.29, 0.717) is 18.4 Å². The summed E-state index contributed by atoms with van der Waals surface area (Å²) in [6.45, 7) is 8.59. The molecule has 0 aliphatic carbocycles. The Morgan fingerprint density at radius 3 is 2.69 bits per heavy atom. The van der Waals surface area contributed by atoms with Gasteiger partial charge in [0.1, 0.15) is 5.75 Å². The van der Waals surface area contributed by atoms with E-state index in [2.05, 4.69) is 35.8 Å². The van der Waals surface area contributed by atoms with Gasteiger partial charge in [-0.1, -0.05) is 26.7 Å². The lowest BCUT2D eigenvalue weighted by Gasteiger charge is -2.38. The third-order valence-electron chi connectivity index (χ3n) is 4.96. The van der Waals surface area contributed by atoms with Crippen LogP contribution in [0.25, 0.3) is 0 Å². The van der Waals surface area contributed by atoms with E-state index in [9.17, 15) is 0 Å². The van der Waals surface area contributed by atoms with Crippen LogP contribution in [0, 0.1) is 11.3 Å². The van der Waals surface area contributed by atoms with Crippen LogP contribution in [0.5, 0.6) is 5.75 Å². The highest BCUT2D eigenvalue weighted by Crippen LogP contribution is 2.23. The van der Waals surface area contributed by atoms with Gasteiger partial charge in [0.05, 0.1) is 6.61 Å². The average molecular weight is 361 g/mol. The molecule has 1 aliphatic rings. The zero-order valence-electron chi connectivity index (χ0n) is 16.5. The number of benzene rings is 1. The minimum absolute atomic E-state index is 0.599. The van der Waals surface area contributed by atoms with Crippen LogP contribution < -0.4 is 15.4 Å². The molecule has 0 spiro atoms. The van der Waals surface area contributed by atoms with E-state index >= 15 is 0 Å². The van der Waals surface area contributed by atoms with Crippen molar-refractivity contribution in [2.45, 2.75) is 52.4 Å². The third kappa shape index (κ3) is 6.20. The van der Waals surface area contributed by atoms with Crippen molar-refractivity contribution in [2.75, 3.05) is 37.7 Å².